The number of fused-ring (bicyclic) bond motifs is 1. The fourth-order valence-electron chi connectivity index (χ4n) is 2.41. The quantitative estimate of drug-likeness (QED) is 0.845. The summed E-state index contributed by atoms with van der Waals surface area (Å²) in [6.07, 6.45) is 0. The summed E-state index contributed by atoms with van der Waals surface area (Å²) < 4.78 is 29.0. The van der Waals surface area contributed by atoms with E-state index in [4.69, 9.17) is 0 Å². The number of hydrogen-bond donors (Lipinski definition) is 1. The molecule has 1 aromatic carbocycles. The predicted molar refractivity (Wildman–Crippen MR) is 79.5 cm³/mol. The zero-order valence-corrected chi connectivity index (χ0v) is 12.8. The third-order valence-electron chi connectivity index (χ3n) is 3.75. The first kappa shape index (κ1) is 15.8. The average Bonchev–Trinajstić information content (AvgIpc) is 2.75. The van der Waals surface area contributed by atoms with Gasteiger partial charge in [-0.2, -0.15) is 5.10 Å². The van der Waals surface area contributed by atoms with E-state index in [9.17, 15) is 23.2 Å². The van der Waals surface area contributed by atoms with Gasteiger partial charge in [-0.3, -0.25) is 19.1 Å². The van der Waals surface area contributed by atoms with E-state index in [1.54, 1.807) is 6.92 Å². The Labute approximate surface area is 134 Å². The van der Waals surface area contributed by atoms with Gasteiger partial charge in [-0.25, -0.2) is 18.3 Å². The third-order valence-corrected chi connectivity index (χ3v) is 3.75. The number of nitrogens with one attached hydrogen (secondary N) is 1. The number of anilines is 2. The van der Waals surface area contributed by atoms with E-state index in [1.165, 1.54) is 11.6 Å². The lowest BCUT2D eigenvalue weighted by Gasteiger charge is -2.29. The van der Waals surface area contributed by atoms with Gasteiger partial charge in [-0.1, -0.05) is 0 Å². The smallest absolute Gasteiger partial charge is 0.323 e. The summed E-state index contributed by atoms with van der Waals surface area (Å²) in [5.74, 6) is -3.06. The minimum absolute atomic E-state index is 0.0111. The van der Waals surface area contributed by atoms with Crippen LogP contribution in [0.4, 0.5) is 20.2 Å². The second-order valence-corrected chi connectivity index (χ2v) is 5.36. The van der Waals surface area contributed by atoms with Crippen LogP contribution < -0.4 is 15.9 Å². The van der Waals surface area contributed by atoms with Crippen molar-refractivity contribution in [2.75, 3.05) is 16.8 Å². The van der Waals surface area contributed by atoms with Gasteiger partial charge >= 0.3 is 5.69 Å². The lowest BCUT2D eigenvalue weighted by Crippen LogP contribution is -2.44. The van der Waals surface area contributed by atoms with Crippen molar-refractivity contribution < 1.29 is 18.4 Å². The minimum atomic E-state index is -1.14. The van der Waals surface area contributed by atoms with Crippen molar-refractivity contribution in [2.24, 2.45) is 7.05 Å². The van der Waals surface area contributed by atoms with Crippen molar-refractivity contribution in [3.63, 3.8) is 0 Å². The molecule has 0 radical (unpaired) electrons. The number of carbonyl (C=O) groups is 2. The molecule has 0 saturated carbocycles. The molecule has 0 saturated heterocycles. The molecule has 0 fully saturated rings. The van der Waals surface area contributed by atoms with E-state index >= 15 is 0 Å². The predicted octanol–water partition coefficient (Wildman–Crippen LogP) is 0.154. The average molecular weight is 337 g/mol. The van der Waals surface area contributed by atoms with Gasteiger partial charge in [-0.05, 0) is 6.92 Å². The number of halogens is 2. The Balaban J connectivity index is 1.96. The lowest BCUT2D eigenvalue weighted by atomic mass is 10.1. The molecule has 10 heteroatoms. The summed E-state index contributed by atoms with van der Waals surface area (Å²) in [4.78, 5) is 37.1. The Kier molecular flexibility index (Phi) is 3.66. The first-order valence-corrected chi connectivity index (χ1v) is 6.97. The zero-order chi connectivity index (χ0) is 17.6. The second kappa shape index (κ2) is 5.55. The molecule has 24 heavy (non-hydrogen) atoms. The largest absolute Gasteiger partial charge is 0.346 e. The standard InChI is InChI=1S/C14H13F2N5O3/c1-7-18-21(14(24)19(7)2)6-13(23)20-5-12(22)17-10-3-8(15)9(16)4-11(10)20/h3-4H,5-6H2,1-2H3,(H,17,22). The zero-order valence-electron chi connectivity index (χ0n) is 12.8. The van der Waals surface area contributed by atoms with Crippen LogP contribution in [0.5, 0.6) is 0 Å². The number of benzene rings is 1. The van der Waals surface area contributed by atoms with Gasteiger partial charge in [0.05, 0.1) is 11.4 Å². The Morgan fingerprint density at radius 3 is 2.58 bits per heavy atom. The molecule has 1 aromatic heterocycles. The Morgan fingerprint density at radius 2 is 1.96 bits per heavy atom. The maximum Gasteiger partial charge on any atom is 0.346 e. The van der Waals surface area contributed by atoms with Crippen LogP contribution in [0.3, 0.4) is 0 Å². The fraction of sp³-hybridized carbons (Fsp3) is 0.286. The molecular formula is C14H13F2N5O3. The molecule has 1 N–H and O–H groups in total. The number of aromatic nitrogens is 3. The third kappa shape index (κ3) is 2.55. The van der Waals surface area contributed by atoms with Crippen molar-refractivity contribution >= 4 is 23.2 Å². The number of rotatable bonds is 2. The van der Waals surface area contributed by atoms with Gasteiger partial charge in [0.25, 0.3) is 0 Å². The summed E-state index contributed by atoms with van der Waals surface area (Å²) in [7, 11) is 1.51. The van der Waals surface area contributed by atoms with Crippen LogP contribution in [0, 0.1) is 18.6 Å². The Hall–Kier alpha value is -3.04. The van der Waals surface area contributed by atoms with Gasteiger partial charge in [0, 0.05) is 19.2 Å². The van der Waals surface area contributed by atoms with Crippen LogP contribution in [0.2, 0.25) is 0 Å². The van der Waals surface area contributed by atoms with Crippen molar-refractivity contribution in [3.8, 4) is 0 Å². The van der Waals surface area contributed by atoms with Crippen LogP contribution in [-0.4, -0.2) is 32.7 Å². The topological polar surface area (TPSA) is 89.2 Å². The SMILES string of the molecule is Cc1nn(CC(=O)N2CC(=O)Nc3cc(F)c(F)cc32)c(=O)n1C. The molecule has 126 valence electrons. The molecule has 2 heterocycles. The highest BCUT2D eigenvalue weighted by Crippen LogP contribution is 2.31. The Morgan fingerprint density at radius 1 is 1.29 bits per heavy atom. The van der Waals surface area contributed by atoms with Gasteiger partial charge in [0.15, 0.2) is 11.6 Å². The van der Waals surface area contributed by atoms with Crippen LogP contribution in [-0.2, 0) is 23.2 Å². The van der Waals surface area contributed by atoms with Gasteiger partial charge in [0.1, 0.15) is 18.9 Å². The highest BCUT2D eigenvalue weighted by molar-refractivity contribution is 6.09. The molecule has 2 aromatic rings. The second-order valence-electron chi connectivity index (χ2n) is 5.36. The molecule has 0 bridgehead atoms. The van der Waals surface area contributed by atoms with E-state index < -0.39 is 35.7 Å². The van der Waals surface area contributed by atoms with Gasteiger partial charge < -0.3 is 5.32 Å². The molecule has 0 spiro atoms. The fourth-order valence-corrected chi connectivity index (χ4v) is 2.41. The lowest BCUT2D eigenvalue weighted by molar-refractivity contribution is -0.122. The number of aryl methyl sites for hydroxylation is 1. The molecule has 0 atom stereocenters. The Bertz CT molecular complexity index is 918. The molecule has 0 aliphatic carbocycles. The van der Waals surface area contributed by atoms with Gasteiger partial charge in [-0.15, -0.1) is 0 Å². The number of hydrogen-bond acceptors (Lipinski definition) is 4. The van der Waals surface area contributed by atoms with E-state index in [1.807, 2.05) is 0 Å². The maximum atomic E-state index is 13.5. The van der Waals surface area contributed by atoms with Crippen LogP contribution >= 0.6 is 0 Å². The number of carbonyl (C=O) groups excluding carboxylic acids is 2. The van der Waals surface area contributed by atoms with E-state index in [-0.39, 0.29) is 17.9 Å². The van der Waals surface area contributed by atoms with Crippen molar-refractivity contribution in [1.82, 2.24) is 14.3 Å². The number of amides is 2. The van der Waals surface area contributed by atoms with Crippen LogP contribution in [0.1, 0.15) is 5.82 Å². The van der Waals surface area contributed by atoms with Crippen LogP contribution in [0.15, 0.2) is 16.9 Å². The normalized spacial score (nSPS) is 13.7. The van der Waals surface area contributed by atoms with Crippen molar-refractivity contribution in [1.29, 1.82) is 0 Å². The molecule has 3 rings (SSSR count). The van der Waals surface area contributed by atoms with E-state index in [0.29, 0.717) is 5.82 Å². The molecule has 1 aliphatic heterocycles. The summed E-state index contributed by atoms with van der Waals surface area (Å²) in [6, 6.07) is 1.63. The van der Waals surface area contributed by atoms with Crippen molar-refractivity contribution in [3.05, 3.63) is 40.1 Å². The summed E-state index contributed by atoms with van der Waals surface area (Å²) >= 11 is 0. The molecule has 2 amide bonds. The number of nitrogens with zero attached hydrogens (tertiary/aromatic N) is 4. The first-order chi connectivity index (χ1) is 11.3. The first-order valence-electron chi connectivity index (χ1n) is 6.97. The van der Waals surface area contributed by atoms with Gasteiger partial charge in [0.2, 0.25) is 11.8 Å². The molecule has 0 unspecified atom stereocenters. The summed E-state index contributed by atoms with van der Waals surface area (Å²) in [5, 5.41) is 6.31. The monoisotopic (exact) mass is 337 g/mol. The summed E-state index contributed by atoms with van der Waals surface area (Å²) in [6.45, 7) is 0.813. The van der Waals surface area contributed by atoms with E-state index in [2.05, 4.69) is 10.4 Å². The van der Waals surface area contributed by atoms with Crippen LogP contribution in [0.25, 0.3) is 0 Å². The maximum absolute atomic E-state index is 13.5. The highest BCUT2D eigenvalue weighted by Gasteiger charge is 2.29. The minimum Gasteiger partial charge on any atom is -0.323 e. The van der Waals surface area contributed by atoms with Crippen molar-refractivity contribution in [2.45, 2.75) is 13.5 Å². The molecule has 8 nitrogen and oxygen atoms in total. The molecule has 1 aliphatic rings. The molecular weight excluding hydrogens is 324 g/mol. The highest BCUT2D eigenvalue weighted by atomic mass is 19.2. The summed E-state index contributed by atoms with van der Waals surface area (Å²) in [5.41, 5.74) is -0.477. The van der Waals surface area contributed by atoms with E-state index in [0.717, 1.165) is 21.7 Å².